The molecule has 1 fully saturated rings. The van der Waals surface area contributed by atoms with Gasteiger partial charge in [-0.25, -0.2) is 17.8 Å². The summed E-state index contributed by atoms with van der Waals surface area (Å²) in [6.45, 7) is 6.31. The maximum absolute atomic E-state index is 13.1. The monoisotopic (exact) mass is 429 g/mol. The van der Waals surface area contributed by atoms with Gasteiger partial charge in [0.15, 0.2) is 5.76 Å². The molecule has 6 nitrogen and oxygen atoms in total. The average molecular weight is 430 g/mol. The molecule has 8 heteroatoms. The zero-order chi connectivity index (χ0) is 21.3. The summed E-state index contributed by atoms with van der Waals surface area (Å²) in [6.07, 6.45) is 1.63. The zero-order valence-electron chi connectivity index (χ0n) is 17.0. The summed E-state index contributed by atoms with van der Waals surface area (Å²) in [6, 6.07) is 11.5. The molecule has 2 aromatic carbocycles. The van der Waals surface area contributed by atoms with E-state index in [-0.39, 0.29) is 5.82 Å². The number of oxazole rings is 1. The van der Waals surface area contributed by atoms with E-state index in [9.17, 15) is 12.8 Å². The van der Waals surface area contributed by atoms with Gasteiger partial charge in [0.05, 0.1) is 17.6 Å². The molecule has 2 heterocycles. The van der Waals surface area contributed by atoms with Crippen molar-refractivity contribution in [3.63, 3.8) is 0 Å². The van der Waals surface area contributed by atoms with Crippen LogP contribution in [0.15, 0.2) is 58.0 Å². The van der Waals surface area contributed by atoms with Crippen molar-refractivity contribution in [1.82, 2.24) is 14.2 Å². The molecule has 0 spiro atoms. The van der Waals surface area contributed by atoms with Crippen molar-refractivity contribution in [1.29, 1.82) is 0 Å². The Morgan fingerprint density at radius 1 is 1.03 bits per heavy atom. The van der Waals surface area contributed by atoms with Gasteiger partial charge in [-0.2, -0.15) is 4.31 Å². The smallest absolute Gasteiger partial charge is 0.243 e. The summed E-state index contributed by atoms with van der Waals surface area (Å²) >= 11 is 0. The number of aryl methyl sites for hydroxylation is 2. The van der Waals surface area contributed by atoms with Crippen molar-refractivity contribution in [2.45, 2.75) is 25.3 Å². The number of rotatable bonds is 5. The molecule has 0 saturated carbocycles. The van der Waals surface area contributed by atoms with Crippen LogP contribution in [0.3, 0.4) is 0 Å². The van der Waals surface area contributed by atoms with Crippen molar-refractivity contribution in [2.24, 2.45) is 0 Å². The van der Waals surface area contributed by atoms with Crippen LogP contribution in [0.4, 0.5) is 4.39 Å². The Morgan fingerprint density at radius 3 is 2.40 bits per heavy atom. The first kappa shape index (κ1) is 20.7. The maximum atomic E-state index is 13.1. The van der Waals surface area contributed by atoms with Crippen LogP contribution in [0, 0.1) is 19.7 Å². The first-order chi connectivity index (χ1) is 14.3. The average Bonchev–Trinajstić information content (AvgIpc) is 3.17. The van der Waals surface area contributed by atoms with E-state index in [4.69, 9.17) is 4.42 Å². The predicted octanol–water partition coefficient (Wildman–Crippen LogP) is 3.60. The summed E-state index contributed by atoms with van der Waals surface area (Å²) in [5.41, 5.74) is 2.58. The highest BCUT2D eigenvalue weighted by atomic mass is 32.2. The highest BCUT2D eigenvalue weighted by Gasteiger charge is 2.30. The number of benzene rings is 2. The fourth-order valence-corrected chi connectivity index (χ4v) is 5.31. The first-order valence-corrected chi connectivity index (χ1v) is 11.3. The van der Waals surface area contributed by atoms with Gasteiger partial charge < -0.3 is 4.42 Å². The van der Waals surface area contributed by atoms with Gasteiger partial charge in [0.2, 0.25) is 15.9 Å². The lowest BCUT2D eigenvalue weighted by molar-refractivity contribution is 0.168. The molecule has 4 rings (SSSR count). The summed E-state index contributed by atoms with van der Waals surface area (Å²) in [4.78, 5) is 6.80. The predicted molar refractivity (Wildman–Crippen MR) is 112 cm³/mol. The molecule has 0 N–H and O–H groups in total. The molecule has 1 aliphatic heterocycles. The minimum Gasteiger partial charge on any atom is -0.439 e. The minimum absolute atomic E-state index is 0.299. The Hall–Kier alpha value is -2.55. The zero-order valence-corrected chi connectivity index (χ0v) is 17.8. The van der Waals surface area contributed by atoms with E-state index in [0.717, 1.165) is 16.7 Å². The van der Waals surface area contributed by atoms with E-state index < -0.39 is 10.0 Å². The second-order valence-electron chi connectivity index (χ2n) is 7.57. The quantitative estimate of drug-likeness (QED) is 0.620. The molecular formula is C22H24FN3O3S. The largest absolute Gasteiger partial charge is 0.439 e. The minimum atomic E-state index is -3.50. The van der Waals surface area contributed by atoms with Crippen molar-refractivity contribution < 1.29 is 17.2 Å². The lowest BCUT2D eigenvalue weighted by Gasteiger charge is -2.33. The lowest BCUT2D eigenvalue weighted by Crippen LogP contribution is -2.48. The van der Waals surface area contributed by atoms with Crippen LogP contribution in [-0.2, 0) is 16.6 Å². The summed E-state index contributed by atoms with van der Waals surface area (Å²) in [5, 5.41) is 0. The van der Waals surface area contributed by atoms with Crippen LogP contribution in [0.25, 0.3) is 11.3 Å². The van der Waals surface area contributed by atoms with Gasteiger partial charge in [-0.05, 0) is 49.7 Å². The number of sulfonamides is 1. The van der Waals surface area contributed by atoms with Gasteiger partial charge in [0.1, 0.15) is 5.82 Å². The first-order valence-electron chi connectivity index (χ1n) is 9.83. The molecule has 1 aliphatic rings. The Bertz CT molecular complexity index is 1130. The van der Waals surface area contributed by atoms with Gasteiger partial charge in [0, 0.05) is 31.7 Å². The van der Waals surface area contributed by atoms with Crippen LogP contribution in [0.2, 0.25) is 0 Å². The molecule has 1 saturated heterocycles. The Kier molecular flexibility index (Phi) is 5.73. The summed E-state index contributed by atoms with van der Waals surface area (Å²) in [7, 11) is -3.50. The van der Waals surface area contributed by atoms with Gasteiger partial charge >= 0.3 is 0 Å². The van der Waals surface area contributed by atoms with E-state index >= 15 is 0 Å². The molecule has 0 amide bonds. The summed E-state index contributed by atoms with van der Waals surface area (Å²) in [5.74, 6) is 0.841. The van der Waals surface area contributed by atoms with Crippen LogP contribution in [0.5, 0.6) is 0 Å². The fourth-order valence-electron chi connectivity index (χ4n) is 3.68. The summed E-state index contributed by atoms with van der Waals surface area (Å²) < 4.78 is 46.5. The third-order valence-electron chi connectivity index (χ3n) is 5.32. The number of nitrogens with zero attached hydrogens (tertiary/aromatic N) is 3. The van der Waals surface area contributed by atoms with Gasteiger partial charge in [0.25, 0.3) is 0 Å². The van der Waals surface area contributed by atoms with Crippen molar-refractivity contribution >= 4 is 10.0 Å². The molecule has 0 radical (unpaired) electrons. The Morgan fingerprint density at radius 2 is 1.73 bits per heavy atom. The maximum Gasteiger partial charge on any atom is 0.243 e. The van der Waals surface area contributed by atoms with Crippen LogP contribution < -0.4 is 0 Å². The molecule has 3 aromatic rings. The van der Waals surface area contributed by atoms with Crippen LogP contribution in [0.1, 0.15) is 17.0 Å². The molecule has 158 valence electrons. The van der Waals surface area contributed by atoms with Crippen molar-refractivity contribution in [2.75, 3.05) is 26.2 Å². The Labute approximate surface area is 176 Å². The molecule has 1 aromatic heterocycles. The van der Waals surface area contributed by atoms with E-state index in [1.807, 2.05) is 26.0 Å². The van der Waals surface area contributed by atoms with Gasteiger partial charge in [-0.3, -0.25) is 4.90 Å². The normalized spacial score (nSPS) is 16.1. The molecule has 0 unspecified atom stereocenters. The highest BCUT2D eigenvalue weighted by Crippen LogP contribution is 2.24. The standard InChI is InChI=1S/C22H24FN3O3S/c1-16-3-8-21(17(2)13-16)30(27,28)26-11-9-25(10-12-26)15-22-24-14-20(29-22)18-4-6-19(23)7-5-18/h3-8,13-14H,9-12,15H2,1-2H3. The second-order valence-corrected chi connectivity index (χ2v) is 9.48. The lowest BCUT2D eigenvalue weighted by atomic mass is 10.2. The molecule has 0 atom stereocenters. The second kappa shape index (κ2) is 8.29. The van der Waals surface area contributed by atoms with E-state index in [1.165, 1.54) is 12.1 Å². The SMILES string of the molecule is Cc1ccc(S(=O)(=O)N2CCN(Cc3ncc(-c4ccc(F)cc4)o3)CC2)c(C)c1. The molecule has 0 aliphatic carbocycles. The van der Waals surface area contributed by atoms with Crippen LogP contribution in [-0.4, -0.2) is 48.8 Å². The third kappa shape index (κ3) is 4.30. The van der Waals surface area contributed by atoms with Crippen molar-refractivity contribution in [3.05, 3.63) is 71.5 Å². The van der Waals surface area contributed by atoms with Crippen LogP contribution >= 0.6 is 0 Å². The third-order valence-corrected chi connectivity index (χ3v) is 7.38. The van der Waals surface area contributed by atoms with Gasteiger partial charge in [-0.15, -0.1) is 0 Å². The number of halogens is 1. The molecule has 30 heavy (non-hydrogen) atoms. The topological polar surface area (TPSA) is 66.7 Å². The van der Waals surface area contributed by atoms with Crippen molar-refractivity contribution in [3.8, 4) is 11.3 Å². The highest BCUT2D eigenvalue weighted by molar-refractivity contribution is 7.89. The number of hydrogen-bond acceptors (Lipinski definition) is 5. The molecule has 0 bridgehead atoms. The number of aromatic nitrogens is 1. The number of hydrogen-bond donors (Lipinski definition) is 0. The van der Waals surface area contributed by atoms with E-state index in [0.29, 0.717) is 49.3 Å². The molecular weight excluding hydrogens is 405 g/mol. The van der Waals surface area contributed by atoms with E-state index in [1.54, 1.807) is 28.7 Å². The fraction of sp³-hybridized carbons (Fsp3) is 0.318. The van der Waals surface area contributed by atoms with Gasteiger partial charge in [-0.1, -0.05) is 17.7 Å². The Balaban J connectivity index is 1.38. The number of piperazine rings is 1. The van der Waals surface area contributed by atoms with E-state index in [2.05, 4.69) is 9.88 Å².